The normalized spacial score (nSPS) is 21.9. The minimum atomic E-state index is -0.430. The molecular formula is C26H31NO4. The highest BCUT2D eigenvalue weighted by atomic mass is 16.5. The van der Waals surface area contributed by atoms with Gasteiger partial charge in [-0.3, -0.25) is 0 Å². The van der Waals surface area contributed by atoms with E-state index in [-0.39, 0.29) is 29.2 Å². The molecule has 2 aromatic carbocycles. The number of likely N-dealkylation sites (N-methyl/N-ethyl adjacent to an activating group) is 1. The van der Waals surface area contributed by atoms with Crippen LogP contribution in [0.2, 0.25) is 0 Å². The second-order valence-electron chi connectivity index (χ2n) is 8.54. The van der Waals surface area contributed by atoms with E-state index >= 15 is 0 Å². The fraction of sp³-hybridized carbons (Fsp3) is 0.423. The molecule has 5 nitrogen and oxygen atoms in total. The van der Waals surface area contributed by atoms with Crippen LogP contribution in [0.4, 0.5) is 5.69 Å². The highest BCUT2D eigenvalue weighted by molar-refractivity contribution is 5.94. The smallest absolute Gasteiger partial charge is 0.358 e. The molecule has 0 amide bonds. The molecule has 0 saturated heterocycles. The SMILES string of the molecule is CCN(C1=C(O)C(CCc2ccc(O)cc2)[C@@H](C2CCCC2)OC1=O)c1ccccc1. The van der Waals surface area contributed by atoms with Crippen molar-refractivity contribution < 1.29 is 19.7 Å². The van der Waals surface area contributed by atoms with Crippen molar-refractivity contribution in [2.24, 2.45) is 11.8 Å². The average molecular weight is 422 g/mol. The first kappa shape index (κ1) is 21.3. The number of anilines is 1. The van der Waals surface area contributed by atoms with Crippen LogP contribution < -0.4 is 4.90 Å². The lowest BCUT2D eigenvalue weighted by Crippen LogP contribution is -2.44. The number of phenols is 1. The third kappa shape index (κ3) is 4.55. The fourth-order valence-electron chi connectivity index (χ4n) is 5.02. The summed E-state index contributed by atoms with van der Waals surface area (Å²) in [5.41, 5.74) is 2.21. The summed E-state index contributed by atoms with van der Waals surface area (Å²) in [7, 11) is 0. The van der Waals surface area contributed by atoms with Crippen LogP contribution in [-0.4, -0.2) is 28.8 Å². The summed E-state index contributed by atoms with van der Waals surface area (Å²) >= 11 is 0. The van der Waals surface area contributed by atoms with Crippen LogP contribution in [0, 0.1) is 11.8 Å². The summed E-state index contributed by atoms with van der Waals surface area (Å²) in [6.45, 7) is 2.52. The first-order valence-corrected chi connectivity index (χ1v) is 11.3. The number of para-hydroxylation sites is 1. The van der Waals surface area contributed by atoms with Crippen molar-refractivity contribution in [3.8, 4) is 5.75 Å². The summed E-state index contributed by atoms with van der Waals surface area (Å²) in [5.74, 6) is 0.0240. The highest BCUT2D eigenvalue weighted by Gasteiger charge is 2.44. The predicted octanol–water partition coefficient (Wildman–Crippen LogP) is 5.35. The molecule has 1 aliphatic heterocycles. The number of carbonyl (C=O) groups is 1. The van der Waals surface area contributed by atoms with Crippen molar-refractivity contribution in [1.29, 1.82) is 0 Å². The molecule has 0 aromatic heterocycles. The Balaban J connectivity index is 1.66. The third-order valence-corrected chi connectivity index (χ3v) is 6.63. The molecule has 1 unspecified atom stereocenters. The Morgan fingerprint density at radius 3 is 2.32 bits per heavy atom. The van der Waals surface area contributed by atoms with Crippen LogP contribution in [0.15, 0.2) is 66.1 Å². The molecule has 2 N–H and O–H groups in total. The third-order valence-electron chi connectivity index (χ3n) is 6.63. The number of rotatable bonds is 7. The monoisotopic (exact) mass is 421 g/mol. The first-order valence-electron chi connectivity index (χ1n) is 11.3. The van der Waals surface area contributed by atoms with Crippen LogP contribution in [-0.2, 0) is 16.0 Å². The Bertz CT molecular complexity index is 916. The van der Waals surface area contributed by atoms with E-state index < -0.39 is 5.97 Å². The van der Waals surface area contributed by atoms with Crippen molar-refractivity contribution in [3.63, 3.8) is 0 Å². The van der Waals surface area contributed by atoms with Gasteiger partial charge in [0, 0.05) is 12.2 Å². The van der Waals surface area contributed by atoms with Gasteiger partial charge in [0.2, 0.25) is 0 Å². The second kappa shape index (κ2) is 9.46. The van der Waals surface area contributed by atoms with E-state index in [1.54, 1.807) is 12.1 Å². The molecule has 31 heavy (non-hydrogen) atoms. The summed E-state index contributed by atoms with van der Waals surface area (Å²) in [6, 6.07) is 16.8. The Morgan fingerprint density at radius 1 is 1.00 bits per heavy atom. The Morgan fingerprint density at radius 2 is 1.68 bits per heavy atom. The zero-order chi connectivity index (χ0) is 21.8. The molecular weight excluding hydrogens is 390 g/mol. The number of esters is 1. The van der Waals surface area contributed by atoms with E-state index in [0.29, 0.717) is 18.9 Å². The first-order chi connectivity index (χ1) is 15.1. The maximum atomic E-state index is 13.1. The number of cyclic esters (lactones) is 1. The number of aliphatic hydroxyl groups excluding tert-OH is 1. The molecule has 164 valence electrons. The van der Waals surface area contributed by atoms with Gasteiger partial charge in [0.05, 0.1) is 5.92 Å². The minimum Gasteiger partial charge on any atom is -0.509 e. The van der Waals surface area contributed by atoms with Crippen molar-refractivity contribution in [2.45, 2.75) is 51.6 Å². The molecule has 5 heteroatoms. The lowest BCUT2D eigenvalue weighted by Gasteiger charge is -2.38. The van der Waals surface area contributed by atoms with Crippen LogP contribution in [0.25, 0.3) is 0 Å². The number of carbonyl (C=O) groups excluding carboxylic acids is 1. The quantitative estimate of drug-likeness (QED) is 0.590. The standard InChI is InChI=1S/C26H31NO4/c1-2-27(20-10-4-3-5-11-20)23-24(29)22(17-14-18-12-15-21(28)16-13-18)25(31-26(23)30)19-8-6-7-9-19/h3-5,10-13,15-16,19,22,25,28-29H,2,6-9,14,17H2,1H3/t22?,25-/m1/s1. The summed E-state index contributed by atoms with van der Waals surface area (Å²) in [5, 5.41) is 21.0. The van der Waals surface area contributed by atoms with E-state index in [9.17, 15) is 15.0 Å². The number of ether oxygens (including phenoxy) is 1. The topological polar surface area (TPSA) is 70.0 Å². The number of phenolic OH excluding ortho intramolecular Hbond substituents is 1. The van der Waals surface area contributed by atoms with Gasteiger partial charge in [-0.1, -0.05) is 43.2 Å². The minimum absolute atomic E-state index is 0.151. The summed E-state index contributed by atoms with van der Waals surface area (Å²) in [6.07, 6.45) is 5.49. The number of aryl methyl sites for hydroxylation is 1. The maximum Gasteiger partial charge on any atom is 0.358 e. The molecule has 1 heterocycles. The maximum absolute atomic E-state index is 13.1. The van der Waals surface area contributed by atoms with Gasteiger partial charge in [-0.2, -0.15) is 0 Å². The number of hydrogen-bond donors (Lipinski definition) is 2. The van der Waals surface area contributed by atoms with Gasteiger partial charge >= 0.3 is 5.97 Å². The molecule has 1 aliphatic carbocycles. The van der Waals surface area contributed by atoms with Gasteiger partial charge in [0.25, 0.3) is 0 Å². The van der Waals surface area contributed by atoms with Crippen molar-refractivity contribution in [2.75, 3.05) is 11.4 Å². The fourth-order valence-corrected chi connectivity index (χ4v) is 5.02. The van der Waals surface area contributed by atoms with Gasteiger partial charge in [-0.15, -0.1) is 0 Å². The lowest BCUT2D eigenvalue weighted by molar-refractivity contribution is -0.154. The lowest BCUT2D eigenvalue weighted by atomic mass is 9.82. The molecule has 2 aliphatic rings. The van der Waals surface area contributed by atoms with Crippen molar-refractivity contribution >= 4 is 11.7 Å². The van der Waals surface area contributed by atoms with Crippen molar-refractivity contribution in [3.05, 3.63) is 71.6 Å². The number of benzene rings is 2. The average Bonchev–Trinajstić information content (AvgIpc) is 3.32. The van der Waals surface area contributed by atoms with Gasteiger partial charge in [-0.05, 0) is 68.4 Å². The van der Waals surface area contributed by atoms with E-state index in [0.717, 1.165) is 43.4 Å². The Labute approximate surface area is 184 Å². The molecule has 0 spiro atoms. The summed E-state index contributed by atoms with van der Waals surface area (Å²) in [4.78, 5) is 14.9. The van der Waals surface area contributed by atoms with Gasteiger partial charge in [-0.25, -0.2) is 4.79 Å². The molecule has 1 fully saturated rings. The summed E-state index contributed by atoms with van der Waals surface area (Å²) < 4.78 is 6.04. The van der Waals surface area contributed by atoms with E-state index in [2.05, 4.69) is 0 Å². The molecule has 0 bridgehead atoms. The molecule has 0 radical (unpaired) electrons. The number of aliphatic hydroxyl groups is 1. The van der Waals surface area contributed by atoms with E-state index in [4.69, 9.17) is 4.74 Å². The molecule has 2 aromatic rings. The molecule has 2 atom stereocenters. The van der Waals surface area contributed by atoms with E-state index in [1.165, 1.54) is 0 Å². The number of nitrogens with zero attached hydrogens (tertiary/aromatic N) is 1. The zero-order valence-electron chi connectivity index (χ0n) is 18.0. The zero-order valence-corrected chi connectivity index (χ0v) is 18.0. The van der Waals surface area contributed by atoms with E-state index in [1.807, 2.05) is 54.3 Å². The van der Waals surface area contributed by atoms with Gasteiger partial charge in [0.15, 0.2) is 5.70 Å². The predicted molar refractivity (Wildman–Crippen MR) is 121 cm³/mol. The van der Waals surface area contributed by atoms with Crippen LogP contribution in [0.5, 0.6) is 5.75 Å². The van der Waals surface area contributed by atoms with Gasteiger partial charge < -0.3 is 19.8 Å². The highest BCUT2D eigenvalue weighted by Crippen LogP contribution is 2.41. The van der Waals surface area contributed by atoms with Crippen LogP contribution in [0.3, 0.4) is 0 Å². The van der Waals surface area contributed by atoms with Crippen LogP contribution in [0.1, 0.15) is 44.6 Å². The number of aromatic hydroxyl groups is 1. The van der Waals surface area contributed by atoms with Crippen molar-refractivity contribution in [1.82, 2.24) is 0 Å². The van der Waals surface area contributed by atoms with Crippen LogP contribution >= 0.6 is 0 Å². The Hall–Kier alpha value is -2.95. The molecule has 1 saturated carbocycles. The second-order valence-corrected chi connectivity index (χ2v) is 8.54. The van der Waals surface area contributed by atoms with Gasteiger partial charge in [0.1, 0.15) is 17.6 Å². The molecule has 4 rings (SSSR count). The Kier molecular flexibility index (Phi) is 6.50. The largest absolute Gasteiger partial charge is 0.509 e. The number of hydrogen-bond acceptors (Lipinski definition) is 5.